The molecule has 2 aromatic carbocycles. The van der Waals surface area contributed by atoms with E-state index in [4.69, 9.17) is 11.6 Å². The molecule has 0 saturated heterocycles. The normalized spacial score (nSPS) is 10.9. The summed E-state index contributed by atoms with van der Waals surface area (Å²) in [7, 11) is 0. The maximum absolute atomic E-state index is 13.6. The summed E-state index contributed by atoms with van der Waals surface area (Å²) in [6, 6.07) is 9.01. The molecule has 5 nitrogen and oxygen atoms in total. The van der Waals surface area contributed by atoms with Gasteiger partial charge < -0.3 is 5.32 Å². The first-order valence-corrected chi connectivity index (χ1v) is 7.06. The Morgan fingerprint density at radius 1 is 1.32 bits per heavy atom. The van der Waals surface area contributed by atoms with Crippen molar-refractivity contribution in [1.82, 2.24) is 15.0 Å². The van der Waals surface area contributed by atoms with Crippen molar-refractivity contribution in [3.05, 3.63) is 52.8 Å². The molecule has 0 unspecified atom stereocenters. The van der Waals surface area contributed by atoms with Gasteiger partial charge in [0, 0.05) is 17.1 Å². The first kappa shape index (κ1) is 14.5. The number of hydrogen-bond acceptors (Lipinski definition) is 3. The maximum Gasteiger partial charge on any atom is 0.255 e. The first-order chi connectivity index (χ1) is 10.6. The van der Waals surface area contributed by atoms with Gasteiger partial charge in [-0.15, -0.1) is 5.10 Å². The second-order valence-electron chi connectivity index (χ2n) is 4.69. The average molecular weight is 319 g/mol. The lowest BCUT2D eigenvalue weighted by Gasteiger charge is -2.07. The van der Waals surface area contributed by atoms with E-state index in [2.05, 4.69) is 15.6 Å². The van der Waals surface area contributed by atoms with Gasteiger partial charge in [-0.1, -0.05) is 16.8 Å². The molecule has 22 heavy (non-hydrogen) atoms. The largest absolute Gasteiger partial charge is 0.319 e. The van der Waals surface area contributed by atoms with Crippen LogP contribution in [0.15, 0.2) is 36.4 Å². The van der Waals surface area contributed by atoms with Gasteiger partial charge in [-0.3, -0.25) is 4.79 Å². The van der Waals surface area contributed by atoms with E-state index in [1.165, 1.54) is 18.2 Å². The van der Waals surface area contributed by atoms with Crippen molar-refractivity contribution < 1.29 is 9.18 Å². The summed E-state index contributed by atoms with van der Waals surface area (Å²) in [6.45, 7) is 2.65. The van der Waals surface area contributed by atoms with Crippen molar-refractivity contribution in [3.8, 4) is 0 Å². The van der Waals surface area contributed by atoms with Crippen LogP contribution in [0.25, 0.3) is 11.0 Å². The molecular weight excluding hydrogens is 307 g/mol. The smallest absolute Gasteiger partial charge is 0.255 e. The van der Waals surface area contributed by atoms with Crippen LogP contribution >= 0.6 is 11.6 Å². The molecule has 0 saturated carbocycles. The SMILES string of the molecule is CCn1nnc2cc(C(=O)Nc3cc(Cl)ccc3F)ccc21. The van der Waals surface area contributed by atoms with Crippen LogP contribution in [0.3, 0.4) is 0 Å². The fourth-order valence-corrected chi connectivity index (χ4v) is 2.31. The van der Waals surface area contributed by atoms with E-state index in [1.807, 2.05) is 6.92 Å². The molecule has 1 aromatic heterocycles. The predicted molar refractivity (Wildman–Crippen MR) is 82.6 cm³/mol. The molecule has 0 spiro atoms. The van der Waals surface area contributed by atoms with E-state index in [-0.39, 0.29) is 5.69 Å². The number of carbonyl (C=O) groups excluding carboxylic acids is 1. The highest BCUT2D eigenvalue weighted by Crippen LogP contribution is 2.21. The van der Waals surface area contributed by atoms with Gasteiger partial charge in [0.25, 0.3) is 5.91 Å². The summed E-state index contributed by atoms with van der Waals surface area (Å²) in [5.74, 6) is -0.982. The third-order valence-electron chi connectivity index (χ3n) is 3.25. The van der Waals surface area contributed by atoms with E-state index in [0.717, 1.165) is 5.52 Å². The molecule has 0 radical (unpaired) electrons. The summed E-state index contributed by atoms with van der Waals surface area (Å²) in [6.07, 6.45) is 0. The summed E-state index contributed by atoms with van der Waals surface area (Å²) in [5.41, 5.74) is 1.86. The van der Waals surface area contributed by atoms with Gasteiger partial charge in [-0.05, 0) is 43.3 Å². The Balaban J connectivity index is 1.90. The van der Waals surface area contributed by atoms with Crippen molar-refractivity contribution in [2.45, 2.75) is 13.5 Å². The molecule has 3 rings (SSSR count). The molecule has 0 aliphatic rings. The molecular formula is C15H12ClFN4O. The van der Waals surface area contributed by atoms with Crippen LogP contribution in [0.1, 0.15) is 17.3 Å². The zero-order valence-electron chi connectivity index (χ0n) is 11.7. The Hall–Kier alpha value is -2.47. The summed E-state index contributed by atoms with van der Waals surface area (Å²) < 4.78 is 15.4. The summed E-state index contributed by atoms with van der Waals surface area (Å²) >= 11 is 5.80. The van der Waals surface area contributed by atoms with Crippen LogP contribution in [-0.2, 0) is 6.54 Å². The highest BCUT2D eigenvalue weighted by atomic mass is 35.5. The number of carbonyl (C=O) groups is 1. The monoisotopic (exact) mass is 318 g/mol. The fraction of sp³-hybridized carbons (Fsp3) is 0.133. The van der Waals surface area contributed by atoms with Crippen LogP contribution < -0.4 is 5.32 Å². The molecule has 112 valence electrons. The number of halogens is 2. The molecule has 1 amide bonds. The number of amides is 1. The number of aromatic nitrogens is 3. The van der Waals surface area contributed by atoms with Crippen molar-refractivity contribution in [2.75, 3.05) is 5.32 Å². The van der Waals surface area contributed by atoms with Gasteiger partial charge in [0.15, 0.2) is 0 Å². The Labute approximate surface area is 130 Å². The van der Waals surface area contributed by atoms with Crippen LogP contribution in [-0.4, -0.2) is 20.9 Å². The van der Waals surface area contributed by atoms with Crippen molar-refractivity contribution in [2.24, 2.45) is 0 Å². The van der Waals surface area contributed by atoms with Gasteiger partial charge >= 0.3 is 0 Å². The minimum atomic E-state index is -0.546. The number of hydrogen-bond donors (Lipinski definition) is 1. The average Bonchev–Trinajstić information content (AvgIpc) is 2.93. The summed E-state index contributed by atoms with van der Waals surface area (Å²) in [5, 5.41) is 10.8. The minimum absolute atomic E-state index is 0.0369. The lowest BCUT2D eigenvalue weighted by atomic mass is 10.1. The highest BCUT2D eigenvalue weighted by Gasteiger charge is 2.12. The molecule has 0 fully saturated rings. The lowest BCUT2D eigenvalue weighted by molar-refractivity contribution is 0.102. The van der Waals surface area contributed by atoms with E-state index in [0.29, 0.717) is 22.6 Å². The maximum atomic E-state index is 13.6. The molecule has 7 heteroatoms. The predicted octanol–water partition coefficient (Wildman–Crippen LogP) is 3.50. The van der Waals surface area contributed by atoms with Crippen LogP contribution in [0.2, 0.25) is 5.02 Å². The molecule has 0 bridgehead atoms. The van der Waals surface area contributed by atoms with Crippen LogP contribution in [0.4, 0.5) is 10.1 Å². The van der Waals surface area contributed by atoms with Gasteiger partial charge in [-0.25, -0.2) is 9.07 Å². The fourth-order valence-electron chi connectivity index (χ4n) is 2.13. The molecule has 1 N–H and O–H groups in total. The molecule has 1 heterocycles. The Morgan fingerprint density at radius 3 is 2.91 bits per heavy atom. The van der Waals surface area contributed by atoms with E-state index in [9.17, 15) is 9.18 Å². The highest BCUT2D eigenvalue weighted by molar-refractivity contribution is 6.31. The Kier molecular flexibility index (Phi) is 3.77. The standard InChI is InChI=1S/C15H12ClFN4O/c1-2-21-14-6-3-9(7-13(14)19-20-21)15(22)18-12-8-10(16)4-5-11(12)17/h3-8H,2H2,1H3,(H,18,22). The second kappa shape index (κ2) is 5.73. The van der Waals surface area contributed by atoms with Crippen LogP contribution in [0, 0.1) is 5.82 Å². The van der Waals surface area contributed by atoms with E-state index < -0.39 is 11.7 Å². The summed E-state index contributed by atoms with van der Waals surface area (Å²) in [4.78, 5) is 12.2. The number of fused-ring (bicyclic) bond motifs is 1. The van der Waals surface area contributed by atoms with Crippen molar-refractivity contribution in [1.29, 1.82) is 0 Å². The number of anilines is 1. The lowest BCUT2D eigenvalue weighted by Crippen LogP contribution is -2.13. The van der Waals surface area contributed by atoms with Gasteiger partial charge in [-0.2, -0.15) is 0 Å². The first-order valence-electron chi connectivity index (χ1n) is 6.68. The number of benzene rings is 2. The minimum Gasteiger partial charge on any atom is -0.319 e. The third-order valence-corrected chi connectivity index (χ3v) is 3.49. The third kappa shape index (κ3) is 2.65. The quantitative estimate of drug-likeness (QED) is 0.804. The van der Waals surface area contributed by atoms with Crippen molar-refractivity contribution in [3.63, 3.8) is 0 Å². The number of nitrogens with zero attached hydrogens (tertiary/aromatic N) is 3. The van der Waals surface area contributed by atoms with Crippen molar-refractivity contribution >= 4 is 34.2 Å². The van der Waals surface area contributed by atoms with Gasteiger partial charge in [0.1, 0.15) is 11.3 Å². The zero-order valence-corrected chi connectivity index (χ0v) is 12.4. The Bertz CT molecular complexity index is 862. The number of aryl methyl sites for hydroxylation is 1. The van der Waals surface area contributed by atoms with Gasteiger partial charge in [0.2, 0.25) is 0 Å². The van der Waals surface area contributed by atoms with E-state index >= 15 is 0 Å². The molecule has 0 aliphatic carbocycles. The molecule has 0 atom stereocenters. The Morgan fingerprint density at radius 2 is 2.14 bits per heavy atom. The molecule has 3 aromatic rings. The second-order valence-corrected chi connectivity index (χ2v) is 5.12. The van der Waals surface area contributed by atoms with E-state index in [1.54, 1.807) is 22.9 Å². The number of nitrogens with one attached hydrogen (secondary N) is 1. The van der Waals surface area contributed by atoms with Gasteiger partial charge in [0.05, 0.1) is 11.2 Å². The molecule has 0 aliphatic heterocycles. The number of rotatable bonds is 3. The zero-order chi connectivity index (χ0) is 15.7. The van der Waals surface area contributed by atoms with Crippen LogP contribution in [0.5, 0.6) is 0 Å². The topological polar surface area (TPSA) is 59.8 Å².